The highest BCUT2D eigenvalue weighted by Gasteiger charge is 2.16. The van der Waals surface area contributed by atoms with Gasteiger partial charge in [-0.15, -0.1) is 0 Å². The second-order valence-electron chi connectivity index (χ2n) is 5.77. The lowest BCUT2D eigenvalue weighted by molar-refractivity contribution is -0.123. The number of urea groups is 1. The number of rotatable bonds is 8. The number of anilines is 1. The number of carbonyl (C=O) groups excluding carboxylic acids is 3. The quantitative estimate of drug-likeness (QED) is 0.542. The number of carbonyl (C=O) groups is 3. The Morgan fingerprint density at radius 1 is 1.00 bits per heavy atom. The average molecular weight is 437 g/mol. The predicted octanol–water partition coefficient (Wildman–Crippen LogP) is 3.35. The van der Waals surface area contributed by atoms with Gasteiger partial charge >= 0.3 is 12.0 Å². The molecule has 0 aliphatic heterocycles. The minimum atomic E-state index is -0.960. The van der Waals surface area contributed by atoms with E-state index in [1.54, 1.807) is 18.2 Å². The zero-order valence-electron chi connectivity index (χ0n) is 16.4. The first-order chi connectivity index (χ1) is 14.3. The van der Waals surface area contributed by atoms with Crippen LogP contribution in [0.2, 0.25) is 5.02 Å². The summed E-state index contributed by atoms with van der Waals surface area (Å²) >= 11 is 5.76. The van der Waals surface area contributed by atoms with E-state index in [-0.39, 0.29) is 16.3 Å². The van der Waals surface area contributed by atoms with Gasteiger partial charge in [0.05, 0.1) is 13.2 Å². The van der Waals surface area contributed by atoms with E-state index in [1.165, 1.54) is 18.2 Å². The topological polar surface area (TPSA) is 123 Å². The van der Waals surface area contributed by atoms with Crippen LogP contribution >= 0.6 is 11.6 Å². The molecule has 30 heavy (non-hydrogen) atoms. The minimum Gasteiger partial charge on any atom is -0.507 e. The van der Waals surface area contributed by atoms with Crippen molar-refractivity contribution in [1.82, 2.24) is 5.32 Å². The molecule has 0 aliphatic rings. The van der Waals surface area contributed by atoms with Crippen molar-refractivity contribution in [2.75, 3.05) is 25.1 Å². The van der Waals surface area contributed by atoms with Gasteiger partial charge in [0.15, 0.2) is 18.1 Å². The number of benzene rings is 2. The maximum Gasteiger partial charge on any atom is 0.342 e. The van der Waals surface area contributed by atoms with E-state index in [4.69, 9.17) is 25.8 Å². The van der Waals surface area contributed by atoms with E-state index in [1.807, 2.05) is 19.2 Å². The average Bonchev–Trinajstić information content (AvgIpc) is 2.70. The summed E-state index contributed by atoms with van der Waals surface area (Å²) in [6, 6.07) is 7.76. The number of esters is 1. The number of ether oxygens (including phenoxy) is 3. The summed E-state index contributed by atoms with van der Waals surface area (Å²) in [6.07, 6.45) is 0. The van der Waals surface area contributed by atoms with Crippen LogP contribution in [-0.4, -0.2) is 42.8 Å². The van der Waals surface area contributed by atoms with Crippen LogP contribution in [-0.2, 0) is 9.53 Å². The molecular formula is C20H21ClN2O7. The fraction of sp³-hybridized carbons (Fsp3) is 0.250. The van der Waals surface area contributed by atoms with Gasteiger partial charge in [0.1, 0.15) is 11.3 Å². The maximum atomic E-state index is 12.0. The van der Waals surface area contributed by atoms with Crippen LogP contribution in [0.3, 0.4) is 0 Å². The molecule has 160 valence electrons. The second kappa shape index (κ2) is 10.9. The van der Waals surface area contributed by atoms with Gasteiger partial charge < -0.3 is 24.6 Å². The Hall–Kier alpha value is -3.46. The number of halogens is 1. The monoisotopic (exact) mass is 436 g/mol. The molecule has 0 aromatic heterocycles. The molecule has 0 heterocycles. The number of phenols is 1. The highest BCUT2D eigenvalue weighted by molar-refractivity contribution is 6.31. The van der Waals surface area contributed by atoms with E-state index < -0.39 is 24.5 Å². The van der Waals surface area contributed by atoms with Crippen LogP contribution in [0, 0.1) is 0 Å². The van der Waals surface area contributed by atoms with Crippen molar-refractivity contribution >= 4 is 35.2 Å². The standard InChI is InChI=1S/C20H21ClN2O7/c1-3-28-16-8-6-13(10-17(16)29-4-2)22-20(27)23-18(25)11-30-19(26)14-9-12(21)5-7-15(14)24/h5-10,24H,3-4,11H2,1-2H3,(H2,22,23,25,27). The van der Waals surface area contributed by atoms with Gasteiger partial charge in [-0.05, 0) is 44.2 Å². The van der Waals surface area contributed by atoms with Gasteiger partial charge in [-0.3, -0.25) is 10.1 Å². The van der Waals surface area contributed by atoms with Crippen molar-refractivity contribution in [3.8, 4) is 17.2 Å². The number of hydrogen-bond donors (Lipinski definition) is 3. The zero-order chi connectivity index (χ0) is 22.1. The number of imide groups is 1. The van der Waals surface area contributed by atoms with E-state index in [0.29, 0.717) is 30.4 Å². The summed E-state index contributed by atoms with van der Waals surface area (Å²) in [7, 11) is 0. The molecule has 2 aromatic carbocycles. The number of amides is 3. The third-order valence-corrected chi connectivity index (χ3v) is 3.80. The first kappa shape index (κ1) is 22.8. The Bertz CT molecular complexity index is 933. The molecule has 0 atom stereocenters. The molecule has 0 bridgehead atoms. The lowest BCUT2D eigenvalue weighted by atomic mass is 10.2. The van der Waals surface area contributed by atoms with E-state index >= 15 is 0 Å². The SMILES string of the molecule is CCOc1ccc(NC(=O)NC(=O)COC(=O)c2cc(Cl)ccc2O)cc1OCC. The number of phenolic OH excluding ortho intramolecular Hbond substituents is 1. The van der Waals surface area contributed by atoms with Gasteiger partial charge in [-0.25, -0.2) is 9.59 Å². The van der Waals surface area contributed by atoms with Gasteiger partial charge in [-0.2, -0.15) is 0 Å². The van der Waals surface area contributed by atoms with Crippen LogP contribution in [0.1, 0.15) is 24.2 Å². The van der Waals surface area contributed by atoms with E-state index in [0.717, 1.165) is 0 Å². The second-order valence-corrected chi connectivity index (χ2v) is 6.20. The van der Waals surface area contributed by atoms with Crippen LogP contribution in [0.25, 0.3) is 0 Å². The molecule has 3 N–H and O–H groups in total. The first-order valence-electron chi connectivity index (χ1n) is 9.00. The highest BCUT2D eigenvalue weighted by atomic mass is 35.5. The molecule has 0 saturated carbocycles. The molecule has 0 saturated heterocycles. The summed E-state index contributed by atoms with van der Waals surface area (Å²) in [5, 5.41) is 14.4. The molecule has 2 rings (SSSR count). The summed E-state index contributed by atoms with van der Waals surface area (Å²) < 4.78 is 15.7. The summed E-state index contributed by atoms with van der Waals surface area (Å²) in [5.41, 5.74) is 0.172. The Labute approximate surface area is 177 Å². The van der Waals surface area contributed by atoms with Gasteiger partial charge in [-0.1, -0.05) is 11.6 Å². The number of nitrogens with one attached hydrogen (secondary N) is 2. The molecule has 9 nitrogen and oxygen atoms in total. The Morgan fingerprint density at radius 2 is 1.70 bits per heavy atom. The third kappa shape index (κ3) is 6.56. The maximum absolute atomic E-state index is 12.0. The summed E-state index contributed by atoms with van der Waals surface area (Å²) in [4.78, 5) is 35.8. The van der Waals surface area contributed by atoms with Crippen LogP contribution in [0.15, 0.2) is 36.4 Å². The van der Waals surface area contributed by atoms with Gasteiger partial charge in [0.25, 0.3) is 5.91 Å². The zero-order valence-corrected chi connectivity index (χ0v) is 17.1. The van der Waals surface area contributed by atoms with E-state index in [9.17, 15) is 19.5 Å². The molecule has 0 unspecified atom stereocenters. The van der Waals surface area contributed by atoms with Gasteiger partial charge in [0, 0.05) is 16.8 Å². The Kier molecular flexibility index (Phi) is 8.30. The van der Waals surface area contributed by atoms with Crippen molar-refractivity contribution in [3.63, 3.8) is 0 Å². The molecule has 0 aliphatic carbocycles. The fourth-order valence-electron chi connectivity index (χ4n) is 2.33. The van der Waals surface area contributed by atoms with Crippen molar-refractivity contribution in [2.45, 2.75) is 13.8 Å². The number of hydrogen-bond acceptors (Lipinski definition) is 7. The van der Waals surface area contributed by atoms with Crippen LogP contribution in [0.4, 0.5) is 10.5 Å². The van der Waals surface area contributed by atoms with Crippen LogP contribution in [0.5, 0.6) is 17.2 Å². The minimum absolute atomic E-state index is 0.197. The summed E-state index contributed by atoms with van der Waals surface area (Å²) in [6.45, 7) is 3.77. The van der Waals surface area contributed by atoms with Crippen molar-refractivity contribution < 1.29 is 33.7 Å². The Balaban J connectivity index is 1.90. The molecule has 10 heteroatoms. The largest absolute Gasteiger partial charge is 0.507 e. The van der Waals surface area contributed by atoms with Crippen LogP contribution < -0.4 is 20.1 Å². The third-order valence-electron chi connectivity index (χ3n) is 3.57. The molecule has 2 aromatic rings. The smallest absolute Gasteiger partial charge is 0.342 e. The molecule has 0 fully saturated rings. The molecule has 0 radical (unpaired) electrons. The van der Waals surface area contributed by atoms with E-state index in [2.05, 4.69) is 5.32 Å². The first-order valence-corrected chi connectivity index (χ1v) is 9.38. The van der Waals surface area contributed by atoms with Crippen molar-refractivity contribution in [3.05, 3.63) is 47.0 Å². The van der Waals surface area contributed by atoms with Crippen molar-refractivity contribution in [1.29, 1.82) is 0 Å². The van der Waals surface area contributed by atoms with Crippen molar-refractivity contribution in [2.24, 2.45) is 0 Å². The molecule has 0 spiro atoms. The predicted molar refractivity (Wildman–Crippen MR) is 109 cm³/mol. The summed E-state index contributed by atoms with van der Waals surface area (Å²) in [5.74, 6) is -1.20. The Morgan fingerprint density at radius 3 is 2.40 bits per heavy atom. The number of aromatic hydroxyl groups is 1. The molecule has 3 amide bonds. The van der Waals surface area contributed by atoms with Gasteiger partial charge in [0.2, 0.25) is 0 Å². The molecular weight excluding hydrogens is 416 g/mol. The highest BCUT2D eigenvalue weighted by Crippen LogP contribution is 2.30. The fourth-order valence-corrected chi connectivity index (χ4v) is 2.51. The lowest BCUT2D eigenvalue weighted by Crippen LogP contribution is -2.37. The lowest BCUT2D eigenvalue weighted by Gasteiger charge is -2.13. The normalized spacial score (nSPS) is 10.1.